The number of nitrogens with zero attached hydrogens (tertiary/aromatic N) is 2. The van der Waals surface area contributed by atoms with Crippen molar-refractivity contribution < 1.29 is 4.42 Å². The summed E-state index contributed by atoms with van der Waals surface area (Å²) in [7, 11) is 0. The lowest BCUT2D eigenvalue weighted by Gasteiger charge is -2.13. The van der Waals surface area contributed by atoms with Gasteiger partial charge in [0, 0.05) is 37.1 Å². The number of imidazole rings is 1. The molecule has 0 bridgehead atoms. The van der Waals surface area contributed by atoms with Crippen LogP contribution < -0.4 is 5.32 Å². The maximum Gasteiger partial charge on any atom is 0.105 e. The van der Waals surface area contributed by atoms with E-state index in [1.807, 2.05) is 22.9 Å². The second-order valence-electron chi connectivity index (χ2n) is 5.20. The fourth-order valence-electron chi connectivity index (χ4n) is 2.29. The molecule has 2 aromatic heterocycles. The van der Waals surface area contributed by atoms with E-state index in [9.17, 15) is 0 Å². The van der Waals surface area contributed by atoms with Gasteiger partial charge < -0.3 is 14.3 Å². The first-order valence-corrected chi connectivity index (χ1v) is 7.14. The van der Waals surface area contributed by atoms with Crippen LogP contribution in [0.25, 0.3) is 5.69 Å². The van der Waals surface area contributed by atoms with Gasteiger partial charge in [-0.1, -0.05) is 12.1 Å². The summed E-state index contributed by atoms with van der Waals surface area (Å²) in [5, 5.41) is 3.51. The smallest absolute Gasteiger partial charge is 0.105 e. The van der Waals surface area contributed by atoms with Gasteiger partial charge in [0.15, 0.2) is 0 Å². The zero-order chi connectivity index (χ0) is 14.5. The quantitative estimate of drug-likeness (QED) is 0.754. The highest BCUT2D eigenvalue weighted by atomic mass is 16.3. The molecule has 3 aromatic rings. The van der Waals surface area contributed by atoms with E-state index in [4.69, 9.17) is 4.42 Å². The maximum absolute atomic E-state index is 5.36. The van der Waals surface area contributed by atoms with E-state index in [0.717, 1.165) is 24.4 Å². The molecular formula is C17H19N3O. The molecule has 0 spiro atoms. The van der Waals surface area contributed by atoms with Crippen LogP contribution in [0.5, 0.6) is 0 Å². The molecule has 21 heavy (non-hydrogen) atoms. The first-order valence-electron chi connectivity index (χ1n) is 7.14. The predicted octanol–water partition coefficient (Wildman–Crippen LogP) is 3.19. The number of nitrogens with one attached hydrogen (secondary N) is 1. The SMILES string of the molecule is C[C@H](Cc1ccco1)NCc1ccc(-n2ccnc2)cc1. The van der Waals surface area contributed by atoms with E-state index in [1.54, 1.807) is 18.8 Å². The lowest BCUT2D eigenvalue weighted by atomic mass is 10.1. The average molecular weight is 281 g/mol. The van der Waals surface area contributed by atoms with Gasteiger partial charge in [0.1, 0.15) is 5.76 Å². The third-order valence-corrected chi connectivity index (χ3v) is 3.48. The third kappa shape index (κ3) is 3.61. The van der Waals surface area contributed by atoms with E-state index >= 15 is 0 Å². The second-order valence-corrected chi connectivity index (χ2v) is 5.20. The van der Waals surface area contributed by atoms with Crippen LogP contribution in [-0.4, -0.2) is 15.6 Å². The largest absolute Gasteiger partial charge is 0.469 e. The Balaban J connectivity index is 1.53. The van der Waals surface area contributed by atoms with Gasteiger partial charge in [-0.3, -0.25) is 0 Å². The number of hydrogen-bond acceptors (Lipinski definition) is 3. The molecule has 0 radical (unpaired) electrons. The molecule has 0 aliphatic heterocycles. The van der Waals surface area contributed by atoms with Crippen LogP contribution in [0.15, 0.2) is 65.8 Å². The van der Waals surface area contributed by atoms with Crippen molar-refractivity contribution in [2.45, 2.75) is 25.9 Å². The molecule has 0 aliphatic carbocycles. The molecule has 0 unspecified atom stereocenters. The molecule has 0 aliphatic rings. The summed E-state index contributed by atoms with van der Waals surface area (Å²) >= 11 is 0. The Kier molecular flexibility index (Phi) is 4.17. The molecular weight excluding hydrogens is 262 g/mol. The second kappa shape index (κ2) is 6.41. The van der Waals surface area contributed by atoms with E-state index in [0.29, 0.717) is 6.04 Å². The van der Waals surface area contributed by atoms with Gasteiger partial charge in [0.2, 0.25) is 0 Å². The predicted molar refractivity (Wildman–Crippen MR) is 82.3 cm³/mol. The molecule has 2 heterocycles. The number of furan rings is 1. The molecule has 0 amide bonds. The van der Waals surface area contributed by atoms with Crippen molar-refractivity contribution in [2.24, 2.45) is 0 Å². The summed E-state index contributed by atoms with van der Waals surface area (Å²) in [6, 6.07) is 12.8. The molecule has 4 heteroatoms. The Morgan fingerprint density at radius 3 is 2.76 bits per heavy atom. The molecule has 0 saturated carbocycles. The van der Waals surface area contributed by atoms with Crippen LogP contribution in [0.3, 0.4) is 0 Å². The fraction of sp³-hybridized carbons (Fsp3) is 0.235. The Morgan fingerprint density at radius 2 is 2.10 bits per heavy atom. The van der Waals surface area contributed by atoms with Gasteiger partial charge in [-0.2, -0.15) is 0 Å². The highest BCUT2D eigenvalue weighted by Gasteiger charge is 2.05. The third-order valence-electron chi connectivity index (χ3n) is 3.48. The average Bonchev–Trinajstić information content (AvgIpc) is 3.19. The summed E-state index contributed by atoms with van der Waals surface area (Å²) < 4.78 is 7.36. The van der Waals surface area contributed by atoms with Crippen LogP contribution >= 0.6 is 0 Å². The lowest BCUT2D eigenvalue weighted by Crippen LogP contribution is -2.27. The molecule has 4 nitrogen and oxygen atoms in total. The number of aromatic nitrogens is 2. The molecule has 1 atom stereocenters. The van der Waals surface area contributed by atoms with Gasteiger partial charge in [0.05, 0.1) is 12.6 Å². The minimum Gasteiger partial charge on any atom is -0.469 e. The normalized spacial score (nSPS) is 12.4. The Hall–Kier alpha value is -2.33. The van der Waals surface area contributed by atoms with E-state index in [2.05, 4.69) is 41.5 Å². The van der Waals surface area contributed by atoms with Crippen LogP contribution in [0.1, 0.15) is 18.2 Å². The van der Waals surface area contributed by atoms with Crippen LogP contribution in [0.2, 0.25) is 0 Å². The van der Waals surface area contributed by atoms with E-state index in [-0.39, 0.29) is 0 Å². The van der Waals surface area contributed by atoms with Crippen molar-refractivity contribution in [2.75, 3.05) is 0 Å². The van der Waals surface area contributed by atoms with Crippen LogP contribution in [0.4, 0.5) is 0 Å². The van der Waals surface area contributed by atoms with Crippen molar-refractivity contribution in [1.82, 2.24) is 14.9 Å². The monoisotopic (exact) mass is 281 g/mol. The van der Waals surface area contributed by atoms with Crippen molar-refractivity contribution in [1.29, 1.82) is 0 Å². The van der Waals surface area contributed by atoms with Gasteiger partial charge in [-0.15, -0.1) is 0 Å². The molecule has 3 rings (SSSR count). The summed E-state index contributed by atoms with van der Waals surface area (Å²) in [6.45, 7) is 3.02. The van der Waals surface area contributed by atoms with Gasteiger partial charge in [-0.05, 0) is 36.8 Å². The van der Waals surface area contributed by atoms with Crippen LogP contribution in [0, 0.1) is 0 Å². The number of benzene rings is 1. The van der Waals surface area contributed by atoms with Crippen molar-refractivity contribution in [3.63, 3.8) is 0 Å². The fourth-order valence-corrected chi connectivity index (χ4v) is 2.29. The minimum atomic E-state index is 0.379. The summed E-state index contributed by atoms with van der Waals surface area (Å²) in [5.41, 5.74) is 2.39. The summed E-state index contributed by atoms with van der Waals surface area (Å²) in [6.07, 6.45) is 8.15. The highest BCUT2D eigenvalue weighted by Crippen LogP contribution is 2.10. The number of hydrogen-bond donors (Lipinski definition) is 1. The standard InChI is InChI=1S/C17H19N3O/c1-14(11-17-3-2-10-21-17)19-12-15-4-6-16(7-5-15)20-9-8-18-13-20/h2-10,13-14,19H,11-12H2,1H3/t14-/m1/s1. The minimum absolute atomic E-state index is 0.379. The topological polar surface area (TPSA) is 43.0 Å². The molecule has 108 valence electrons. The first kappa shape index (κ1) is 13.6. The Bertz CT molecular complexity index is 642. The Morgan fingerprint density at radius 1 is 1.24 bits per heavy atom. The van der Waals surface area contributed by atoms with Crippen molar-refractivity contribution >= 4 is 0 Å². The maximum atomic E-state index is 5.36. The molecule has 0 fully saturated rings. The van der Waals surface area contributed by atoms with Gasteiger partial charge >= 0.3 is 0 Å². The van der Waals surface area contributed by atoms with Gasteiger partial charge in [0.25, 0.3) is 0 Å². The summed E-state index contributed by atoms with van der Waals surface area (Å²) in [5.74, 6) is 1.02. The van der Waals surface area contributed by atoms with Crippen molar-refractivity contribution in [3.05, 3.63) is 72.7 Å². The van der Waals surface area contributed by atoms with E-state index < -0.39 is 0 Å². The molecule has 1 aromatic carbocycles. The summed E-state index contributed by atoms with van der Waals surface area (Å²) in [4.78, 5) is 4.06. The highest BCUT2D eigenvalue weighted by molar-refractivity contribution is 5.34. The molecule has 1 N–H and O–H groups in total. The number of rotatable bonds is 6. The zero-order valence-corrected chi connectivity index (χ0v) is 12.1. The first-order chi connectivity index (χ1) is 10.3. The van der Waals surface area contributed by atoms with Crippen molar-refractivity contribution in [3.8, 4) is 5.69 Å². The zero-order valence-electron chi connectivity index (χ0n) is 12.1. The van der Waals surface area contributed by atoms with Crippen LogP contribution in [-0.2, 0) is 13.0 Å². The Labute approximate surface area is 124 Å². The van der Waals surface area contributed by atoms with E-state index in [1.165, 1.54) is 5.56 Å². The lowest BCUT2D eigenvalue weighted by molar-refractivity contribution is 0.456. The molecule has 0 saturated heterocycles. The van der Waals surface area contributed by atoms with Gasteiger partial charge in [-0.25, -0.2) is 4.98 Å².